The van der Waals surface area contributed by atoms with Gasteiger partial charge in [0.2, 0.25) is 0 Å². The molecule has 130 valence electrons. The van der Waals surface area contributed by atoms with E-state index in [0.717, 1.165) is 28.6 Å². The van der Waals surface area contributed by atoms with Crippen LogP contribution in [-0.2, 0) is 6.42 Å². The number of benzene rings is 3. The van der Waals surface area contributed by atoms with E-state index in [2.05, 4.69) is 0 Å². The smallest absolute Gasteiger partial charge is 0.128 e. The minimum absolute atomic E-state index is 0.482. The predicted octanol–water partition coefficient (Wildman–Crippen LogP) is 4.90. The number of ether oxygens (including phenoxy) is 1. The van der Waals surface area contributed by atoms with Crippen LogP contribution in [0.2, 0.25) is 0 Å². The van der Waals surface area contributed by atoms with Gasteiger partial charge in [0.05, 0.1) is 18.5 Å². The quantitative estimate of drug-likeness (QED) is 0.683. The summed E-state index contributed by atoms with van der Waals surface area (Å²) in [7, 11) is 1.61. The van der Waals surface area contributed by atoms with Crippen molar-refractivity contribution in [3.63, 3.8) is 0 Å². The largest absolute Gasteiger partial charge is 0.496 e. The Balaban J connectivity index is 1.75. The van der Waals surface area contributed by atoms with Crippen molar-refractivity contribution in [1.29, 1.82) is 0 Å². The lowest BCUT2D eigenvalue weighted by Crippen LogP contribution is -2.04. The van der Waals surface area contributed by atoms with Crippen LogP contribution in [0, 0.1) is 11.6 Å². The maximum atomic E-state index is 13.5. The summed E-state index contributed by atoms with van der Waals surface area (Å²) in [5, 5.41) is 0. The van der Waals surface area contributed by atoms with Gasteiger partial charge in [0.1, 0.15) is 17.4 Å². The van der Waals surface area contributed by atoms with E-state index < -0.39 is 11.6 Å². The van der Waals surface area contributed by atoms with Crippen LogP contribution in [-0.4, -0.2) is 12.8 Å². The fourth-order valence-electron chi connectivity index (χ4n) is 3.19. The number of rotatable bonds is 3. The number of hydrogen-bond acceptors (Lipinski definition) is 3. The highest BCUT2D eigenvalue weighted by Crippen LogP contribution is 2.35. The van der Waals surface area contributed by atoms with Crippen molar-refractivity contribution >= 4 is 17.1 Å². The zero-order chi connectivity index (χ0) is 18.3. The summed E-state index contributed by atoms with van der Waals surface area (Å²) < 4.78 is 32.4. The number of methoxy groups -OCH3 is 1. The third kappa shape index (κ3) is 2.92. The molecular weight excluding hydrogens is 334 g/mol. The second kappa shape index (κ2) is 6.26. The van der Waals surface area contributed by atoms with Crippen LogP contribution >= 0.6 is 0 Å². The first-order valence-electron chi connectivity index (χ1n) is 8.14. The summed E-state index contributed by atoms with van der Waals surface area (Å²) in [6, 6.07) is 14.5. The predicted molar refractivity (Wildman–Crippen MR) is 99.1 cm³/mol. The van der Waals surface area contributed by atoms with Crippen LogP contribution in [0.1, 0.15) is 11.1 Å². The van der Waals surface area contributed by atoms with Crippen molar-refractivity contribution in [3.8, 4) is 16.9 Å². The first-order valence-corrected chi connectivity index (χ1v) is 8.14. The van der Waals surface area contributed by atoms with E-state index in [0.29, 0.717) is 29.0 Å². The molecule has 2 N–H and O–H groups in total. The summed E-state index contributed by atoms with van der Waals surface area (Å²) in [6.07, 6.45) is 0.646. The number of anilines is 1. The molecule has 4 rings (SSSR count). The minimum atomic E-state index is -0.603. The lowest BCUT2D eigenvalue weighted by Gasteiger charge is -2.08. The van der Waals surface area contributed by atoms with E-state index in [-0.39, 0.29) is 0 Å². The monoisotopic (exact) mass is 350 g/mol. The lowest BCUT2D eigenvalue weighted by molar-refractivity contribution is 0.414. The van der Waals surface area contributed by atoms with Gasteiger partial charge >= 0.3 is 0 Å². The summed E-state index contributed by atoms with van der Waals surface area (Å²) >= 11 is 0. The summed E-state index contributed by atoms with van der Waals surface area (Å²) in [5.74, 6) is -0.499. The van der Waals surface area contributed by atoms with Crippen LogP contribution in [0.15, 0.2) is 59.6 Å². The van der Waals surface area contributed by atoms with Gasteiger partial charge in [-0.2, -0.15) is 0 Å². The SMILES string of the molecule is COc1ccc(N)cc1C1=Nc2cc(-c3cc(F)cc(F)c3)ccc2C1. The number of nitrogens with zero attached hydrogens (tertiary/aromatic N) is 1. The average Bonchev–Trinajstić information content (AvgIpc) is 3.04. The molecule has 0 amide bonds. The topological polar surface area (TPSA) is 47.6 Å². The standard InChI is InChI=1S/C21H16F2N2O/c1-26-21-5-4-17(24)11-18(21)20-9-13-3-2-12(8-19(13)25-20)14-6-15(22)10-16(23)7-14/h2-8,10-11H,9,24H2,1H3. The van der Waals surface area contributed by atoms with Gasteiger partial charge in [0.15, 0.2) is 0 Å². The van der Waals surface area contributed by atoms with Gasteiger partial charge in [-0.3, -0.25) is 4.99 Å². The van der Waals surface area contributed by atoms with Crippen LogP contribution < -0.4 is 10.5 Å². The maximum absolute atomic E-state index is 13.5. The van der Waals surface area contributed by atoms with Crippen LogP contribution in [0.25, 0.3) is 11.1 Å². The molecule has 0 aromatic heterocycles. The van der Waals surface area contributed by atoms with Crippen molar-refractivity contribution < 1.29 is 13.5 Å². The molecule has 0 aliphatic carbocycles. The fraction of sp³-hybridized carbons (Fsp3) is 0.0952. The molecule has 0 atom stereocenters. The number of halogens is 2. The van der Waals surface area contributed by atoms with Crippen LogP contribution in [0.3, 0.4) is 0 Å². The number of nitrogens with two attached hydrogens (primary N) is 1. The summed E-state index contributed by atoms with van der Waals surface area (Å²) in [6.45, 7) is 0. The van der Waals surface area contributed by atoms with E-state index in [1.54, 1.807) is 13.2 Å². The Morgan fingerprint density at radius 1 is 0.923 bits per heavy atom. The van der Waals surface area contributed by atoms with Gasteiger partial charge in [0, 0.05) is 23.7 Å². The van der Waals surface area contributed by atoms with Crippen molar-refractivity contribution in [1.82, 2.24) is 0 Å². The second-order valence-corrected chi connectivity index (χ2v) is 6.20. The summed E-state index contributed by atoms with van der Waals surface area (Å²) in [4.78, 5) is 4.70. The first-order chi connectivity index (χ1) is 12.5. The fourth-order valence-corrected chi connectivity index (χ4v) is 3.19. The second-order valence-electron chi connectivity index (χ2n) is 6.20. The molecule has 1 aliphatic heterocycles. The van der Waals surface area contributed by atoms with E-state index in [1.807, 2.05) is 30.3 Å². The Bertz CT molecular complexity index is 1020. The normalized spacial score (nSPS) is 12.7. The van der Waals surface area contributed by atoms with Crippen LogP contribution in [0.5, 0.6) is 5.75 Å². The lowest BCUT2D eigenvalue weighted by atomic mass is 9.99. The molecule has 1 aliphatic rings. The zero-order valence-electron chi connectivity index (χ0n) is 14.1. The highest BCUT2D eigenvalue weighted by Gasteiger charge is 2.20. The number of hydrogen-bond donors (Lipinski definition) is 1. The molecule has 26 heavy (non-hydrogen) atoms. The van der Waals surface area contributed by atoms with E-state index in [4.69, 9.17) is 15.5 Å². The third-order valence-corrected chi connectivity index (χ3v) is 4.43. The van der Waals surface area contributed by atoms with Gasteiger partial charge < -0.3 is 10.5 Å². The first kappa shape index (κ1) is 16.3. The Morgan fingerprint density at radius 2 is 1.69 bits per heavy atom. The van der Waals surface area contributed by atoms with Crippen molar-refractivity contribution in [2.45, 2.75) is 6.42 Å². The summed E-state index contributed by atoms with van der Waals surface area (Å²) in [5.41, 5.74) is 11.3. The molecule has 0 radical (unpaired) electrons. The minimum Gasteiger partial charge on any atom is -0.496 e. The molecular formula is C21H16F2N2O. The van der Waals surface area contributed by atoms with E-state index in [1.165, 1.54) is 12.1 Å². The molecule has 3 aromatic rings. The van der Waals surface area contributed by atoms with Crippen molar-refractivity contribution in [2.75, 3.05) is 12.8 Å². The van der Waals surface area contributed by atoms with Gasteiger partial charge in [-0.15, -0.1) is 0 Å². The molecule has 0 saturated heterocycles. The zero-order valence-corrected chi connectivity index (χ0v) is 14.1. The number of nitrogen functional groups attached to an aromatic ring is 1. The number of aliphatic imine (C=N–C) groups is 1. The molecule has 5 heteroatoms. The number of fused-ring (bicyclic) bond motifs is 1. The molecule has 0 unspecified atom stereocenters. The highest BCUT2D eigenvalue weighted by molar-refractivity contribution is 6.09. The van der Waals surface area contributed by atoms with Gasteiger partial charge in [-0.1, -0.05) is 12.1 Å². The van der Waals surface area contributed by atoms with E-state index in [9.17, 15) is 8.78 Å². The Kier molecular flexibility index (Phi) is 3.92. The third-order valence-electron chi connectivity index (χ3n) is 4.43. The molecule has 1 heterocycles. The molecule has 3 nitrogen and oxygen atoms in total. The Hall–Kier alpha value is -3.21. The van der Waals surface area contributed by atoms with Crippen molar-refractivity contribution in [3.05, 3.63) is 77.4 Å². The van der Waals surface area contributed by atoms with Gasteiger partial charge in [0.25, 0.3) is 0 Å². The van der Waals surface area contributed by atoms with Crippen LogP contribution in [0.4, 0.5) is 20.2 Å². The average molecular weight is 350 g/mol. The van der Waals surface area contributed by atoms with Gasteiger partial charge in [-0.05, 0) is 53.1 Å². The Morgan fingerprint density at radius 3 is 2.42 bits per heavy atom. The molecule has 0 spiro atoms. The Labute approximate surface area is 149 Å². The van der Waals surface area contributed by atoms with E-state index >= 15 is 0 Å². The molecule has 0 bridgehead atoms. The molecule has 0 fully saturated rings. The van der Waals surface area contributed by atoms with Crippen molar-refractivity contribution in [2.24, 2.45) is 4.99 Å². The highest BCUT2D eigenvalue weighted by atomic mass is 19.1. The maximum Gasteiger partial charge on any atom is 0.128 e. The molecule has 3 aromatic carbocycles. The van der Waals surface area contributed by atoms with Gasteiger partial charge in [-0.25, -0.2) is 8.78 Å². The molecule has 0 saturated carbocycles.